The maximum atomic E-state index is 12.4. The van der Waals surface area contributed by atoms with Gasteiger partial charge >= 0.3 is 0 Å². The molecule has 0 bridgehead atoms. The Morgan fingerprint density at radius 3 is 2.68 bits per heavy atom. The van der Waals surface area contributed by atoms with Crippen molar-refractivity contribution >= 4 is 17.4 Å². The van der Waals surface area contributed by atoms with Gasteiger partial charge in [0.1, 0.15) is 12.4 Å². The summed E-state index contributed by atoms with van der Waals surface area (Å²) in [4.78, 5) is 19.0. The molecule has 7 heteroatoms. The first-order chi connectivity index (χ1) is 12.3. The molecule has 2 aliphatic rings. The molecule has 7 nitrogen and oxygen atoms in total. The number of anilines is 2. The van der Waals surface area contributed by atoms with Crippen molar-refractivity contribution in [1.82, 2.24) is 4.98 Å². The lowest BCUT2D eigenvalue weighted by Gasteiger charge is -2.28. The normalized spacial score (nSPS) is 19.4. The molecule has 1 saturated heterocycles. The lowest BCUT2D eigenvalue weighted by atomic mass is 10.2. The molecule has 0 aliphatic carbocycles. The second-order valence-corrected chi connectivity index (χ2v) is 5.86. The minimum absolute atomic E-state index is 0.183. The molecular weight excluding hydrogens is 322 g/mol. The Bertz CT molecular complexity index is 744. The summed E-state index contributed by atoms with van der Waals surface area (Å²) in [5.74, 6) is 1.86. The van der Waals surface area contributed by atoms with Gasteiger partial charge in [-0.05, 0) is 24.3 Å². The van der Waals surface area contributed by atoms with E-state index in [2.05, 4.69) is 15.2 Å². The summed E-state index contributed by atoms with van der Waals surface area (Å²) in [6, 6.07) is 11.0. The SMILES string of the molecule is O=C(Nc1ccc(N2CCOCC2)nc1)[C@@H]1COc2ccccc2O1. The van der Waals surface area contributed by atoms with Gasteiger partial charge in [-0.3, -0.25) is 4.79 Å². The largest absolute Gasteiger partial charge is 0.485 e. The highest BCUT2D eigenvalue weighted by Crippen LogP contribution is 2.31. The zero-order valence-corrected chi connectivity index (χ0v) is 13.7. The number of para-hydroxylation sites is 2. The topological polar surface area (TPSA) is 72.9 Å². The van der Waals surface area contributed by atoms with Crippen LogP contribution in [0, 0.1) is 0 Å². The average molecular weight is 341 g/mol. The van der Waals surface area contributed by atoms with Gasteiger partial charge in [0, 0.05) is 13.1 Å². The van der Waals surface area contributed by atoms with E-state index in [0.717, 1.165) is 18.9 Å². The van der Waals surface area contributed by atoms with Crippen LogP contribution in [-0.4, -0.2) is 49.9 Å². The Morgan fingerprint density at radius 2 is 1.92 bits per heavy atom. The van der Waals surface area contributed by atoms with Gasteiger partial charge in [-0.1, -0.05) is 12.1 Å². The van der Waals surface area contributed by atoms with Crippen molar-refractivity contribution in [2.75, 3.05) is 43.1 Å². The molecule has 1 N–H and O–H groups in total. The number of hydrogen-bond donors (Lipinski definition) is 1. The lowest BCUT2D eigenvalue weighted by Crippen LogP contribution is -2.40. The predicted octanol–water partition coefficient (Wildman–Crippen LogP) is 1.70. The highest BCUT2D eigenvalue weighted by atomic mass is 16.6. The van der Waals surface area contributed by atoms with Crippen molar-refractivity contribution in [3.05, 3.63) is 42.6 Å². The number of nitrogens with zero attached hydrogens (tertiary/aromatic N) is 2. The molecule has 1 aromatic heterocycles. The zero-order chi connectivity index (χ0) is 17.1. The van der Waals surface area contributed by atoms with Gasteiger partial charge in [-0.25, -0.2) is 4.98 Å². The third-order valence-corrected chi connectivity index (χ3v) is 4.15. The van der Waals surface area contributed by atoms with Crippen LogP contribution >= 0.6 is 0 Å². The standard InChI is InChI=1S/C18H19N3O4/c22-18(16-12-24-14-3-1-2-4-15(14)25-16)20-13-5-6-17(19-11-13)21-7-9-23-10-8-21/h1-6,11,16H,7-10,12H2,(H,20,22)/t16-/m0/s1. The highest BCUT2D eigenvalue weighted by molar-refractivity contribution is 5.94. The summed E-state index contributed by atoms with van der Waals surface area (Å²) in [6.45, 7) is 3.25. The van der Waals surface area contributed by atoms with Crippen molar-refractivity contribution in [3.8, 4) is 11.5 Å². The summed E-state index contributed by atoms with van der Waals surface area (Å²) in [7, 11) is 0. The number of amides is 1. The fraction of sp³-hybridized carbons (Fsp3) is 0.333. The van der Waals surface area contributed by atoms with Gasteiger partial charge in [0.2, 0.25) is 6.10 Å². The van der Waals surface area contributed by atoms with E-state index in [1.54, 1.807) is 12.3 Å². The van der Waals surface area contributed by atoms with Crippen LogP contribution in [0.25, 0.3) is 0 Å². The lowest BCUT2D eigenvalue weighted by molar-refractivity contribution is -0.125. The number of aromatic nitrogens is 1. The van der Waals surface area contributed by atoms with Crippen molar-refractivity contribution in [3.63, 3.8) is 0 Å². The van der Waals surface area contributed by atoms with E-state index in [-0.39, 0.29) is 12.5 Å². The molecule has 1 fully saturated rings. The first kappa shape index (κ1) is 15.7. The monoisotopic (exact) mass is 341 g/mol. The molecule has 0 saturated carbocycles. The van der Waals surface area contributed by atoms with Gasteiger partial charge in [-0.15, -0.1) is 0 Å². The van der Waals surface area contributed by atoms with Gasteiger partial charge in [0.05, 0.1) is 25.1 Å². The molecule has 25 heavy (non-hydrogen) atoms. The number of carbonyl (C=O) groups excluding carboxylic acids is 1. The quantitative estimate of drug-likeness (QED) is 0.916. The van der Waals surface area contributed by atoms with Crippen molar-refractivity contribution < 1.29 is 19.0 Å². The molecule has 1 amide bonds. The van der Waals surface area contributed by atoms with E-state index in [0.29, 0.717) is 30.4 Å². The number of rotatable bonds is 3. The van der Waals surface area contributed by atoms with E-state index >= 15 is 0 Å². The molecule has 1 aromatic carbocycles. The van der Waals surface area contributed by atoms with Gasteiger partial charge < -0.3 is 24.4 Å². The van der Waals surface area contributed by atoms with Gasteiger partial charge in [-0.2, -0.15) is 0 Å². The Balaban J connectivity index is 1.38. The van der Waals surface area contributed by atoms with Crippen LogP contribution in [0.1, 0.15) is 0 Å². The maximum absolute atomic E-state index is 12.4. The number of ether oxygens (including phenoxy) is 3. The fourth-order valence-electron chi connectivity index (χ4n) is 2.81. The second-order valence-electron chi connectivity index (χ2n) is 5.86. The smallest absolute Gasteiger partial charge is 0.269 e. The van der Waals surface area contributed by atoms with Crippen molar-refractivity contribution in [1.29, 1.82) is 0 Å². The molecule has 3 heterocycles. The number of carbonyl (C=O) groups is 1. The summed E-state index contributed by atoms with van der Waals surface area (Å²) < 4.78 is 16.6. The highest BCUT2D eigenvalue weighted by Gasteiger charge is 2.27. The summed E-state index contributed by atoms with van der Waals surface area (Å²) in [5.41, 5.74) is 0.629. The molecule has 4 rings (SSSR count). The molecule has 2 aromatic rings. The number of benzene rings is 1. The first-order valence-corrected chi connectivity index (χ1v) is 8.28. The fourth-order valence-corrected chi connectivity index (χ4v) is 2.81. The van der Waals surface area contributed by atoms with Crippen LogP contribution in [0.2, 0.25) is 0 Å². The number of pyridine rings is 1. The number of fused-ring (bicyclic) bond motifs is 1. The molecule has 130 valence electrons. The molecule has 0 spiro atoms. The number of hydrogen-bond acceptors (Lipinski definition) is 6. The summed E-state index contributed by atoms with van der Waals surface area (Å²) in [5, 5.41) is 2.82. The Hall–Kier alpha value is -2.80. The van der Waals surface area contributed by atoms with E-state index in [1.807, 2.05) is 30.3 Å². The van der Waals surface area contributed by atoms with Crippen LogP contribution in [0.15, 0.2) is 42.6 Å². The van der Waals surface area contributed by atoms with Crippen LogP contribution in [-0.2, 0) is 9.53 Å². The maximum Gasteiger partial charge on any atom is 0.269 e. The predicted molar refractivity (Wildman–Crippen MR) is 92.3 cm³/mol. The minimum Gasteiger partial charge on any atom is -0.485 e. The molecule has 2 aliphatic heterocycles. The molecular formula is C18H19N3O4. The number of nitrogens with one attached hydrogen (secondary N) is 1. The Morgan fingerprint density at radius 1 is 1.12 bits per heavy atom. The van der Waals surface area contributed by atoms with Crippen LogP contribution in [0.4, 0.5) is 11.5 Å². The van der Waals surface area contributed by atoms with E-state index in [4.69, 9.17) is 14.2 Å². The second kappa shape index (κ2) is 6.98. The minimum atomic E-state index is -0.686. The van der Waals surface area contributed by atoms with Crippen LogP contribution < -0.4 is 19.7 Å². The molecule has 0 unspecified atom stereocenters. The van der Waals surface area contributed by atoms with Crippen LogP contribution in [0.3, 0.4) is 0 Å². The van der Waals surface area contributed by atoms with Crippen molar-refractivity contribution in [2.45, 2.75) is 6.10 Å². The summed E-state index contributed by atoms with van der Waals surface area (Å²) in [6.07, 6.45) is 0.967. The first-order valence-electron chi connectivity index (χ1n) is 8.28. The van der Waals surface area contributed by atoms with E-state index < -0.39 is 6.10 Å². The van der Waals surface area contributed by atoms with E-state index in [1.165, 1.54) is 0 Å². The molecule has 0 radical (unpaired) electrons. The molecule has 1 atom stereocenters. The van der Waals surface area contributed by atoms with Gasteiger partial charge in [0.15, 0.2) is 11.5 Å². The van der Waals surface area contributed by atoms with Crippen molar-refractivity contribution in [2.24, 2.45) is 0 Å². The third kappa shape index (κ3) is 3.51. The van der Waals surface area contributed by atoms with E-state index in [9.17, 15) is 4.79 Å². The zero-order valence-electron chi connectivity index (χ0n) is 13.7. The Kier molecular flexibility index (Phi) is 4.39. The van der Waals surface area contributed by atoms with Gasteiger partial charge in [0.25, 0.3) is 5.91 Å². The third-order valence-electron chi connectivity index (χ3n) is 4.15. The van der Waals surface area contributed by atoms with Crippen LogP contribution in [0.5, 0.6) is 11.5 Å². The number of morpholine rings is 1. The Labute approximate surface area is 145 Å². The average Bonchev–Trinajstić information content (AvgIpc) is 2.69. The summed E-state index contributed by atoms with van der Waals surface area (Å²) >= 11 is 0.